The van der Waals surface area contributed by atoms with E-state index in [1.54, 1.807) is 11.0 Å². The van der Waals surface area contributed by atoms with Gasteiger partial charge < -0.3 is 14.5 Å². The SMILES string of the molecule is Cc1ccccc1-c1nc2c(cc1Cl)c(N1C[C@@H](C)N(C(=O)OC(C)(C)C)C[C@@H]1C)nc(=O)n2-c1c(Cl)ncnc1C(C)C. The van der Waals surface area contributed by atoms with Gasteiger partial charge in [-0.1, -0.05) is 61.3 Å². The van der Waals surface area contributed by atoms with E-state index < -0.39 is 11.3 Å². The molecule has 1 fully saturated rings. The maximum absolute atomic E-state index is 14.1. The van der Waals surface area contributed by atoms with Crippen molar-refractivity contribution in [3.05, 3.63) is 68.6 Å². The van der Waals surface area contributed by atoms with Crippen molar-refractivity contribution < 1.29 is 9.53 Å². The fraction of sp³-hybridized carbons (Fsp3) is 0.438. The Hall–Kier alpha value is -3.76. The fourth-order valence-electron chi connectivity index (χ4n) is 5.55. The molecule has 10 nitrogen and oxygen atoms in total. The van der Waals surface area contributed by atoms with Crippen LogP contribution in [-0.4, -0.2) is 66.3 Å². The molecule has 5 rings (SSSR count). The minimum atomic E-state index is -0.617. The predicted molar refractivity (Wildman–Crippen MR) is 174 cm³/mol. The summed E-state index contributed by atoms with van der Waals surface area (Å²) in [5, 5.41) is 1.09. The highest BCUT2D eigenvalue weighted by Gasteiger charge is 2.36. The molecular formula is C32H37Cl2N7O3. The number of ether oxygens (including phenoxy) is 1. The van der Waals surface area contributed by atoms with Gasteiger partial charge in [0.2, 0.25) is 0 Å². The van der Waals surface area contributed by atoms with Gasteiger partial charge in [-0.25, -0.2) is 29.1 Å². The highest BCUT2D eigenvalue weighted by molar-refractivity contribution is 6.34. The van der Waals surface area contributed by atoms with Crippen LogP contribution in [-0.2, 0) is 4.74 Å². The third-order valence-electron chi connectivity index (χ3n) is 7.66. The molecule has 0 aliphatic carbocycles. The highest BCUT2D eigenvalue weighted by Crippen LogP contribution is 2.37. The van der Waals surface area contributed by atoms with Gasteiger partial charge in [0.25, 0.3) is 0 Å². The number of pyridine rings is 1. The Labute approximate surface area is 267 Å². The Bertz CT molecular complexity index is 1800. The number of hydrogen-bond acceptors (Lipinski definition) is 8. The zero-order valence-electron chi connectivity index (χ0n) is 26.2. The van der Waals surface area contributed by atoms with E-state index in [2.05, 4.69) is 15.0 Å². The number of aromatic nitrogens is 5. The average molecular weight is 639 g/mol. The number of rotatable bonds is 4. The topological polar surface area (TPSA) is 106 Å². The van der Waals surface area contributed by atoms with Crippen LogP contribution < -0.4 is 10.6 Å². The molecule has 1 aromatic carbocycles. The molecule has 1 aliphatic heterocycles. The summed E-state index contributed by atoms with van der Waals surface area (Å²) < 4.78 is 7.05. The van der Waals surface area contributed by atoms with Crippen molar-refractivity contribution in [1.82, 2.24) is 29.4 Å². The summed E-state index contributed by atoms with van der Waals surface area (Å²) >= 11 is 13.6. The number of aryl methyl sites for hydroxylation is 1. The second kappa shape index (κ2) is 12.0. The normalized spacial score (nSPS) is 17.4. The molecule has 1 amide bonds. The van der Waals surface area contributed by atoms with Crippen molar-refractivity contribution in [1.29, 1.82) is 0 Å². The molecule has 0 radical (unpaired) electrons. The van der Waals surface area contributed by atoms with Crippen LogP contribution in [0, 0.1) is 6.92 Å². The summed E-state index contributed by atoms with van der Waals surface area (Å²) in [6.45, 7) is 16.2. The summed E-state index contributed by atoms with van der Waals surface area (Å²) in [6.07, 6.45) is 1.00. The number of piperazine rings is 1. The molecule has 232 valence electrons. The zero-order valence-corrected chi connectivity index (χ0v) is 27.7. The summed E-state index contributed by atoms with van der Waals surface area (Å²) in [4.78, 5) is 49.1. The van der Waals surface area contributed by atoms with Gasteiger partial charge >= 0.3 is 11.8 Å². The lowest BCUT2D eigenvalue weighted by Crippen LogP contribution is -2.59. The number of hydrogen-bond donors (Lipinski definition) is 0. The van der Waals surface area contributed by atoms with E-state index >= 15 is 0 Å². The van der Waals surface area contributed by atoms with E-state index in [4.69, 9.17) is 32.9 Å². The smallest absolute Gasteiger partial charge is 0.410 e. The van der Waals surface area contributed by atoms with E-state index in [-0.39, 0.29) is 29.2 Å². The zero-order chi connectivity index (χ0) is 32.1. The molecule has 2 atom stereocenters. The number of halogens is 2. The molecule has 12 heteroatoms. The number of benzene rings is 1. The predicted octanol–water partition coefficient (Wildman–Crippen LogP) is 6.81. The molecule has 0 unspecified atom stereocenters. The molecule has 1 saturated heterocycles. The molecule has 0 spiro atoms. The lowest BCUT2D eigenvalue weighted by molar-refractivity contribution is 0.0130. The van der Waals surface area contributed by atoms with E-state index in [1.165, 1.54) is 10.9 Å². The molecule has 4 heterocycles. The number of amides is 1. The first-order chi connectivity index (χ1) is 20.7. The van der Waals surface area contributed by atoms with Crippen molar-refractivity contribution in [2.75, 3.05) is 18.0 Å². The van der Waals surface area contributed by atoms with Gasteiger partial charge in [-0.2, -0.15) is 4.98 Å². The minimum absolute atomic E-state index is 0.0722. The van der Waals surface area contributed by atoms with Crippen LogP contribution in [0.15, 0.2) is 41.5 Å². The van der Waals surface area contributed by atoms with Crippen molar-refractivity contribution >= 4 is 46.1 Å². The monoisotopic (exact) mass is 637 g/mol. The lowest BCUT2D eigenvalue weighted by atomic mass is 10.0. The van der Waals surface area contributed by atoms with Gasteiger partial charge in [-0.3, -0.25) is 0 Å². The Morgan fingerprint density at radius 1 is 1.05 bits per heavy atom. The van der Waals surface area contributed by atoms with Crippen LogP contribution >= 0.6 is 23.2 Å². The third-order valence-corrected chi connectivity index (χ3v) is 8.23. The van der Waals surface area contributed by atoms with E-state index in [0.29, 0.717) is 52.0 Å². The fourth-order valence-corrected chi connectivity index (χ4v) is 6.03. The maximum atomic E-state index is 14.1. The van der Waals surface area contributed by atoms with Crippen LogP contribution in [0.5, 0.6) is 0 Å². The van der Waals surface area contributed by atoms with E-state index in [9.17, 15) is 9.59 Å². The van der Waals surface area contributed by atoms with Crippen molar-refractivity contribution in [2.45, 2.75) is 79.0 Å². The molecular weight excluding hydrogens is 601 g/mol. The Morgan fingerprint density at radius 3 is 2.41 bits per heavy atom. The van der Waals surface area contributed by atoms with Crippen LogP contribution in [0.25, 0.3) is 28.0 Å². The minimum Gasteiger partial charge on any atom is -0.444 e. The van der Waals surface area contributed by atoms with Gasteiger partial charge in [0.15, 0.2) is 10.8 Å². The first-order valence-electron chi connectivity index (χ1n) is 14.6. The first kappa shape index (κ1) is 31.7. The molecule has 4 aromatic rings. The standard InChI is InChI=1S/C32H37Cl2N7O3/c1-17(2)24-26(27(34)36-16-35-24)41-29-22(13-23(33)25(37-29)21-12-10-9-11-18(21)3)28(38-30(41)42)39-14-20(5)40(15-19(39)4)31(43)44-32(6,7)8/h9-13,16-17,19-20H,14-15H2,1-8H3/t19-,20+/m0/s1. The van der Waals surface area contributed by atoms with Crippen molar-refractivity contribution in [2.24, 2.45) is 0 Å². The number of carbonyl (C=O) groups is 1. The molecule has 0 bridgehead atoms. The van der Waals surface area contributed by atoms with Crippen LogP contribution in [0.3, 0.4) is 0 Å². The van der Waals surface area contributed by atoms with Gasteiger partial charge in [0.05, 0.1) is 21.8 Å². The average Bonchev–Trinajstić information content (AvgIpc) is 2.93. The van der Waals surface area contributed by atoms with Gasteiger partial charge in [-0.05, 0) is 59.1 Å². The highest BCUT2D eigenvalue weighted by atomic mass is 35.5. The van der Waals surface area contributed by atoms with Gasteiger partial charge in [0.1, 0.15) is 23.4 Å². The molecule has 1 aliphatic rings. The summed E-state index contributed by atoms with van der Waals surface area (Å²) in [6, 6.07) is 9.16. The second-order valence-electron chi connectivity index (χ2n) is 12.6. The second-order valence-corrected chi connectivity index (χ2v) is 13.4. The Balaban J connectivity index is 1.74. The van der Waals surface area contributed by atoms with Gasteiger partial charge in [-0.15, -0.1) is 0 Å². The van der Waals surface area contributed by atoms with E-state index in [1.807, 2.05) is 84.6 Å². The van der Waals surface area contributed by atoms with E-state index in [0.717, 1.165) is 11.1 Å². The molecule has 0 N–H and O–H groups in total. The molecule has 3 aromatic heterocycles. The number of fused-ring (bicyclic) bond motifs is 1. The summed E-state index contributed by atoms with van der Waals surface area (Å²) in [7, 11) is 0. The number of carbonyl (C=O) groups excluding carboxylic acids is 1. The van der Waals surface area contributed by atoms with Crippen LogP contribution in [0.4, 0.5) is 10.6 Å². The summed E-state index contributed by atoms with van der Waals surface area (Å²) in [5.74, 6) is 0.353. The Kier molecular flexibility index (Phi) is 8.61. The summed E-state index contributed by atoms with van der Waals surface area (Å²) in [5.41, 5.74) is 2.40. The van der Waals surface area contributed by atoms with Crippen molar-refractivity contribution in [3.63, 3.8) is 0 Å². The molecule has 44 heavy (non-hydrogen) atoms. The number of nitrogens with zero attached hydrogens (tertiary/aromatic N) is 7. The largest absolute Gasteiger partial charge is 0.444 e. The van der Waals surface area contributed by atoms with Gasteiger partial charge in [0, 0.05) is 30.7 Å². The number of anilines is 1. The lowest BCUT2D eigenvalue weighted by Gasteiger charge is -2.44. The maximum Gasteiger partial charge on any atom is 0.410 e. The first-order valence-corrected chi connectivity index (χ1v) is 15.4. The van der Waals surface area contributed by atoms with Crippen molar-refractivity contribution in [3.8, 4) is 16.9 Å². The third kappa shape index (κ3) is 5.97. The quantitative estimate of drug-likeness (QED) is 0.225. The molecule has 0 saturated carbocycles. The van der Waals surface area contributed by atoms with Crippen LogP contribution in [0.2, 0.25) is 10.2 Å². The Morgan fingerprint density at radius 2 is 1.75 bits per heavy atom. The van der Waals surface area contributed by atoms with Crippen LogP contribution in [0.1, 0.15) is 65.6 Å².